The molecule has 0 aliphatic carbocycles. The molecule has 4 rings (SSSR count). The van der Waals surface area contributed by atoms with E-state index in [2.05, 4.69) is 16.9 Å². The number of methoxy groups -OCH3 is 1. The van der Waals surface area contributed by atoms with Gasteiger partial charge in [0, 0.05) is 41.8 Å². The van der Waals surface area contributed by atoms with Crippen LogP contribution in [-0.2, 0) is 0 Å². The summed E-state index contributed by atoms with van der Waals surface area (Å²) < 4.78 is 19.3. The second-order valence-electron chi connectivity index (χ2n) is 7.30. The number of aryl methyl sites for hydroxylation is 1. The van der Waals surface area contributed by atoms with Crippen molar-refractivity contribution in [1.82, 2.24) is 14.8 Å². The minimum absolute atomic E-state index is 0.0381. The summed E-state index contributed by atoms with van der Waals surface area (Å²) in [5, 5.41) is 0.635. The van der Waals surface area contributed by atoms with Gasteiger partial charge in [0.15, 0.2) is 0 Å². The molecule has 0 radical (unpaired) electrons. The molecule has 1 unspecified atom stereocenters. The van der Waals surface area contributed by atoms with Crippen LogP contribution in [0.5, 0.6) is 5.75 Å². The number of H-pyrrole nitrogens is 1. The van der Waals surface area contributed by atoms with Crippen LogP contribution in [0.3, 0.4) is 0 Å². The number of nitrogens with zero attached hydrogens (tertiary/aromatic N) is 2. The number of aromatic nitrogens is 1. The van der Waals surface area contributed by atoms with Gasteiger partial charge < -0.3 is 14.6 Å². The number of ether oxygens (including phenoxy) is 1. The Kier molecular flexibility index (Phi) is 4.81. The predicted octanol–water partition coefficient (Wildman–Crippen LogP) is 3.75. The van der Waals surface area contributed by atoms with Crippen molar-refractivity contribution >= 4 is 16.8 Å². The van der Waals surface area contributed by atoms with E-state index in [9.17, 15) is 9.18 Å². The normalized spacial score (nSPS) is 17.9. The lowest BCUT2D eigenvalue weighted by molar-refractivity contribution is 0.0543. The number of halogens is 1. The molecule has 1 aromatic heterocycles. The van der Waals surface area contributed by atoms with E-state index >= 15 is 0 Å². The molecule has 3 aromatic rings. The van der Waals surface area contributed by atoms with E-state index in [-0.39, 0.29) is 17.8 Å². The van der Waals surface area contributed by atoms with E-state index < -0.39 is 0 Å². The zero-order chi connectivity index (χ0) is 19.8. The Bertz CT molecular complexity index is 1030. The fraction of sp³-hybridized carbons (Fsp3) is 0.318. The third-order valence-electron chi connectivity index (χ3n) is 5.60. The largest absolute Gasteiger partial charge is 0.496 e. The van der Waals surface area contributed by atoms with Crippen LogP contribution in [0.2, 0.25) is 0 Å². The predicted molar refractivity (Wildman–Crippen MR) is 107 cm³/mol. The average Bonchev–Trinajstić information content (AvgIpc) is 3.02. The number of aromatic amines is 1. The molecule has 2 heterocycles. The molecule has 1 N–H and O–H groups in total. The number of benzene rings is 2. The van der Waals surface area contributed by atoms with Crippen LogP contribution in [0.25, 0.3) is 10.9 Å². The van der Waals surface area contributed by atoms with Gasteiger partial charge in [0.05, 0.1) is 18.7 Å². The third-order valence-corrected chi connectivity index (χ3v) is 5.60. The van der Waals surface area contributed by atoms with E-state index in [1.165, 1.54) is 12.1 Å². The van der Waals surface area contributed by atoms with Crippen LogP contribution < -0.4 is 4.74 Å². The van der Waals surface area contributed by atoms with Crippen LogP contribution in [-0.4, -0.2) is 54.5 Å². The average molecular weight is 381 g/mol. The lowest BCUT2D eigenvalue weighted by Crippen LogP contribution is -2.49. The summed E-state index contributed by atoms with van der Waals surface area (Å²) in [6, 6.07) is 12.5. The van der Waals surface area contributed by atoms with Crippen molar-refractivity contribution in [2.75, 3.05) is 33.8 Å². The number of carbonyl (C=O) groups excluding carboxylic acids is 1. The Morgan fingerprint density at radius 1 is 1.21 bits per heavy atom. The van der Waals surface area contributed by atoms with Crippen molar-refractivity contribution in [3.8, 4) is 5.75 Å². The minimum atomic E-state index is -0.342. The van der Waals surface area contributed by atoms with E-state index in [1.54, 1.807) is 13.2 Å². The monoisotopic (exact) mass is 381 g/mol. The molecular formula is C22H24FN3O2. The maximum atomic E-state index is 13.8. The molecule has 5 nitrogen and oxygen atoms in total. The molecule has 0 saturated carbocycles. The lowest BCUT2D eigenvalue weighted by Gasteiger charge is -2.40. The summed E-state index contributed by atoms with van der Waals surface area (Å²) >= 11 is 0. The highest BCUT2D eigenvalue weighted by Crippen LogP contribution is 2.32. The standard InChI is InChI=1S/C22H24FN3O2/c1-14-21(17-12-15(23)8-9-18(17)24-14)22(27)26-11-10-25(2)19(13-26)16-6-4-5-7-20(16)28-3/h4-9,12,19,24H,10-11,13H2,1-3H3. The number of hydrogen-bond acceptors (Lipinski definition) is 3. The number of para-hydroxylation sites is 1. The van der Waals surface area contributed by atoms with E-state index in [4.69, 9.17) is 4.74 Å². The summed E-state index contributed by atoms with van der Waals surface area (Å²) in [5.41, 5.74) is 3.15. The fourth-order valence-corrected chi connectivity index (χ4v) is 4.07. The summed E-state index contributed by atoms with van der Waals surface area (Å²) in [4.78, 5) is 20.7. The fourth-order valence-electron chi connectivity index (χ4n) is 4.07. The number of nitrogens with one attached hydrogen (secondary N) is 1. The van der Waals surface area contributed by atoms with Gasteiger partial charge in [-0.3, -0.25) is 9.69 Å². The number of likely N-dealkylation sites (N-methyl/N-ethyl adjacent to an activating group) is 1. The molecule has 0 bridgehead atoms. The molecule has 1 aliphatic rings. The molecular weight excluding hydrogens is 357 g/mol. The lowest BCUT2D eigenvalue weighted by atomic mass is 10.0. The van der Waals surface area contributed by atoms with Crippen LogP contribution in [0, 0.1) is 12.7 Å². The molecule has 146 valence electrons. The third kappa shape index (κ3) is 3.14. The van der Waals surface area contributed by atoms with Crippen molar-refractivity contribution in [2.45, 2.75) is 13.0 Å². The Morgan fingerprint density at radius 2 is 2.00 bits per heavy atom. The molecule has 1 amide bonds. The number of piperazine rings is 1. The Hall–Kier alpha value is -2.86. The van der Waals surface area contributed by atoms with Gasteiger partial charge in [-0.1, -0.05) is 18.2 Å². The summed E-state index contributed by atoms with van der Waals surface area (Å²) in [5.74, 6) is 0.409. The van der Waals surface area contributed by atoms with Crippen LogP contribution in [0.4, 0.5) is 4.39 Å². The Morgan fingerprint density at radius 3 is 2.79 bits per heavy atom. The van der Waals surface area contributed by atoms with Gasteiger partial charge in [0.25, 0.3) is 5.91 Å². The first-order valence-electron chi connectivity index (χ1n) is 9.40. The molecule has 2 aromatic carbocycles. The van der Waals surface area contributed by atoms with Gasteiger partial charge in [-0.05, 0) is 38.2 Å². The van der Waals surface area contributed by atoms with Crippen molar-refractivity contribution in [3.63, 3.8) is 0 Å². The highest BCUT2D eigenvalue weighted by Gasteiger charge is 2.32. The molecule has 1 atom stereocenters. The quantitative estimate of drug-likeness (QED) is 0.752. The van der Waals surface area contributed by atoms with Gasteiger partial charge >= 0.3 is 0 Å². The van der Waals surface area contributed by atoms with Gasteiger partial charge in [-0.25, -0.2) is 4.39 Å². The first kappa shape index (κ1) is 18.5. The van der Waals surface area contributed by atoms with E-state index in [1.807, 2.05) is 36.1 Å². The number of hydrogen-bond donors (Lipinski definition) is 1. The smallest absolute Gasteiger partial charge is 0.256 e. The van der Waals surface area contributed by atoms with Gasteiger partial charge in [-0.15, -0.1) is 0 Å². The zero-order valence-corrected chi connectivity index (χ0v) is 16.3. The second kappa shape index (κ2) is 7.28. The van der Waals surface area contributed by atoms with Crippen LogP contribution >= 0.6 is 0 Å². The summed E-state index contributed by atoms with van der Waals surface area (Å²) in [6.07, 6.45) is 0. The Labute approximate surface area is 163 Å². The van der Waals surface area contributed by atoms with Crippen molar-refractivity contribution in [3.05, 3.63) is 65.1 Å². The van der Waals surface area contributed by atoms with Gasteiger partial charge in [0.2, 0.25) is 0 Å². The van der Waals surface area contributed by atoms with E-state index in [0.29, 0.717) is 24.0 Å². The number of fused-ring (bicyclic) bond motifs is 1. The summed E-state index contributed by atoms with van der Waals surface area (Å²) in [7, 11) is 3.72. The molecule has 28 heavy (non-hydrogen) atoms. The SMILES string of the molecule is COc1ccccc1C1CN(C(=O)c2c(C)[nH]c3ccc(F)cc23)CCN1C. The highest BCUT2D eigenvalue weighted by atomic mass is 19.1. The molecule has 1 saturated heterocycles. The molecule has 1 aliphatic heterocycles. The zero-order valence-electron chi connectivity index (χ0n) is 16.3. The van der Waals surface area contributed by atoms with Crippen molar-refractivity contribution in [2.24, 2.45) is 0 Å². The first-order chi connectivity index (χ1) is 13.5. The topological polar surface area (TPSA) is 48.6 Å². The Balaban J connectivity index is 1.68. The molecule has 1 fully saturated rings. The maximum Gasteiger partial charge on any atom is 0.256 e. The maximum absolute atomic E-state index is 13.8. The van der Waals surface area contributed by atoms with Crippen molar-refractivity contribution in [1.29, 1.82) is 0 Å². The molecule has 6 heteroatoms. The van der Waals surface area contributed by atoms with Gasteiger partial charge in [0.1, 0.15) is 11.6 Å². The number of rotatable bonds is 3. The first-order valence-corrected chi connectivity index (χ1v) is 9.40. The molecule has 0 spiro atoms. The number of amides is 1. The van der Waals surface area contributed by atoms with Crippen LogP contribution in [0.15, 0.2) is 42.5 Å². The van der Waals surface area contributed by atoms with Crippen LogP contribution in [0.1, 0.15) is 27.7 Å². The van der Waals surface area contributed by atoms with Gasteiger partial charge in [-0.2, -0.15) is 0 Å². The van der Waals surface area contributed by atoms with Crippen molar-refractivity contribution < 1.29 is 13.9 Å². The van der Waals surface area contributed by atoms with E-state index in [0.717, 1.165) is 29.1 Å². The minimum Gasteiger partial charge on any atom is -0.496 e. The highest BCUT2D eigenvalue weighted by molar-refractivity contribution is 6.08. The second-order valence-corrected chi connectivity index (χ2v) is 7.30. The summed E-state index contributed by atoms with van der Waals surface area (Å²) in [6.45, 7) is 3.79. The number of carbonyl (C=O) groups is 1.